The molecule has 22 heavy (non-hydrogen) atoms. The van der Waals surface area contributed by atoms with Crippen molar-refractivity contribution in [2.45, 2.75) is 12.8 Å². The van der Waals surface area contributed by atoms with Crippen molar-refractivity contribution in [1.82, 2.24) is 14.7 Å². The standard InChI is InChI=1S/C16H35N3O3/c1-17(9-10-19-5-3-4-6-19)7-8-18(2)11-13-21-15-16-22-14-12-20/h20H,3-16H2,1-2H3. The van der Waals surface area contributed by atoms with E-state index < -0.39 is 0 Å². The zero-order valence-corrected chi connectivity index (χ0v) is 14.5. The molecule has 1 heterocycles. The Balaban J connectivity index is 1.88. The Morgan fingerprint density at radius 3 is 2.05 bits per heavy atom. The van der Waals surface area contributed by atoms with Crippen molar-refractivity contribution < 1.29 is 14.6 Å². The Bertz CT molecular complexity index is 251. The minimum Gasteiger partial charge on any atom is -0.394 e. The molecular formula is C16H35N3O3. The second kappa shape index (κ2) is 13.2. The van der Waals surface area contributed by atoms with Crippen molar-refractivity contribution >= 4 is 0 Å². The van der Waals surface area contributed by atoms with Gasteiger partial charge < -0.3 is 29.3 Å². The number of aliphatic hydroxyl groups excluding tert-OH is 1. The van der Waals surface area contributed by atoms with Gasteiger partial charge in [-0.3, -0.25) is 0 Å². The molecule has 0 aliphatic carbocycles. The molecule has 0 bridgehead atoms. The van der Waals surface area contributed by atoms with E-state index in [0.717, 1.165) is 32.8 Å². The van der Waals surface area contributed by atoms with E-state index in [1.54, 1.807) is 0 Å². The summed E-state index contributed by atoms with van der Waals surface area (Å²) < 4.78 is 10.6. The summed E-state index contributed by atoms with van der Waals surface area (Å²) in [6, 6.07) is 0. The van der Waals surface area contributed by atoms with Crippen molar-refractivity contribution in [3.63, 3.8) is 0 Å². The maximum atomic E-state index is 8.57. The zero-order valence-electron chi connectivity index (χ0n) is 14.5. The molecule has 1 aliphatic rings. The van der Waals surface area contributed by atoms with Crippen LogP contribution in [0.4, 0.5) is 0 Å². The molecule has 6 heteroatoms. The number of rotatable bonds is 14. The summed E-state index contributed by atoms with van der Waals surface area (Å²) in [6.45, 7) is 10.4. The largest absolute Gasteiger partial charge is 0.394 e. The highest BCUT2D eigenvalue weighted by Gasteiger charge is 2.11. The Morgan fingerprint density at radius 2 is 1.41 bits per heavy atom. The molecule has 1 saturated heterocycles. The SMILES string of the molecule is CN(CCOCCOCCO)CCN(C)CCN1CCCC1. The fourth-order valence-electron chi connectivity index (χ4n) is 2.49. The van der Waals surface area contributed by atoms with Crippen molar-refractivity contribution in [2.24, 2.45) is 0 Å². The van der Waals surface area contributed by atoms with E-state index in [1.807, 2.05) is 0 Å². The van der Waals surface area contributed by atoms with Crippen molar-refractivity contribution in [3.05, 3.63) is 0 Å². The van der Waals surface area contributed by atoms with E-state index in [-0.39, 0.29) is 6.61 Å². The molecule has 0 aromatic rings. The summed E-state index contributed by atoms with van der Waals surface area (Å²) in [5.74, 6) is 0. The minimum absolute atomic E-state index is 0.0774. The second-order valence-electron chi connectivity index (χ2n) is 6.10. The van der Waals surface area contributed by atoms with E-state index in [0.29, 0.717) is 19.8 Å². The molecule has 0 amide bonds. The average molecular weight is 317 g/mol. The predicted octanol–water partition coefficient (Wildman–Crippen LogP) is -0.0287. The lowest BCUT2D eigenvalue weighted by molar-refractivity contribution is 0.0278. The minimum atomic E-state index is 0.0774. The quantitative estimate of drug-likeness (QED) is 0.454. The second-order valence-corrected chi connectivity index (χ2v) is 6.10. The monoisotopic (exact) mass is 317 g/mol. The lowest BCUT2D eigenvalue weighted by atomic mass is 10.4. The van der Waals surface area contributed by atoms with Crippen molar-refractivity contribution in [1.29, 1.82) is 0 Å². The molecule has 0 spiro atoms. The smallest absolute Gasteiger partial charge is 0.0701 e. The van der Waals surface area contributed by atoms with E-state index in [4.69, 9.17) is 14.6 Å². The summed E-state index contributed by atoms with van der Waals surface area (Å²) in [6.07, 6.45) is 2.75. The number of hydrogen-bond donors (Lipinski definition) is 1. The van der Waals surface area contributed by atoms with Crippen LogP contribution in [0.3, 0.4) is 0 Å². The van der Waals surface area contributed by atoms with Gasteiger partial charge in [0, 0.05) is 32.7 Å². The lowest BCUT2D eigenvalue weighted by Gasteiger charge is -2.24. The number of likely N-dealkylation sites (tertiary alicyclic amines) is 1. The van der Waals surface area contributed by atoms with Gasteiger partial charge in [-0.15, -0.1) is 0 Å². The van der Waals surface area contributed by atoms with E-state index >= 15 is 0 Å². The Morgan fingerprint density at radius 1 is 0.818 bits per heavy atom. The molecule has 0 saturated carbocycles. The van der Waals surface area contributed by atoms with Crippen LogP contribution in [0.25, 0.3) is 0 Å². The van der Waals surface area contributed by atoms with Gasteiger partial charge in [-0.05, 0) is 40.0 Å². The number of hydrogen-bond acceptors (Lipinski definition) is 6. The molecule has 0 radical (unpaired) electrons. The molecule has 0 atom stereocenters. The van der Waals surface area contributed by atoms with Crippen molar-refractivity contribution in [2.75, 3.05) is 92.9 Å². The molecule has 0 aromatic carbocycles. The Kier molecular flexibility index (Phi) is 11.9. The normalized spacial score (nSPS) is 16.2. The van der Waals surface area contributed by atoms with Gasteiger partial charge in [0.1, 0.15) is 0 Å². The molecule has 6 nitrogen and oxygen atoms in total. The number of aliphatic hydroxyl groups is 1. The molecule has 1 aliphatic heterocycles. The molecule has 132 valence electrons. The first-order valence-corrected chi connectivity index (χ1v) is 8.58. The molecule has 1 fully saturated rings. The van der Waals surface area contributed by atoms with Gasteiger partial charge >= 0.3 is 0 Å². The van der Waals surface area contributed by atoms with Crippen LogP contribution in [0.2, 0.25) is 0 Å². The van der Waals surface area contributed by atoms with E-state index in [9.17, 15) is 0 Å². The molecule has 1 N–H and O–H groups in total. The first-order valence-electron chi connectivity index (χ1n) is 8.58. The Labute approximate surface area is 136 Å². The number of likely N-dealkylation sites (N-methyl/N-ethyl adjacent to an activating group) is 2. The van der Waals surface area contributed by atoms with Crippen LogP contribution in [-0.4, -0.2) is 113 Å². The van der Waals surface area contributed by atoms with Gasteiger partial charge in [0.2, 0.25) is 0 Å². The maximum Gasteiger partial charge on any atom is 0.0701 e. The fourth-order valence-corrected chi connectivity index (χ4v) is 2.49. The van der Waals surface area contributed by atoms with Crippen LogP contribution in [0.1, 0.15) is 12.8 Å². The summed E-state index contributed by atoms with van der Waals surface area (Å²) in [4.78, 5) is 7.28. The zero-order chi connectivity index (χ0) is 16.0. The highest BCUT2D eigenvalue weighted by molar-refractivity contribution is 4.67. The number of ether oxygens (including phenoxy) is 2. The van der Waals surface area contributed by atoms with E-state index in [1.165, 1.54) is 32.5 Å². The van der Waals surface area contributed by atoms with Crippen LogP contribution in [0.5, 0.6) is 0 Å². The number of nitrogens with zero attached hydrogens (tertiary/aromatic N) is 3. The van der Waals surface area contributed by atoms with Crippen LogP contribution < -0.4 is 0 Å². The topological polar surface area (TPSA) is 48.4 Å². The first kappa shape index (κ1) is 19.8. The van der Waals surface area contributed by atoms with Crippen LogP contribution in [0, 0.1) is 0 Å². The maximum absolute atomic E-state index is 8.57. The predicted molar refractivity (Wildman–Crippen MR) is 89.4 cm³/mol. The molecule has 0 unspecified atom stereocenters. The summed E-state index contributed by atoms with van der Waals surface area (Å²) in [7, 11) is 4.35. The summed E-state index contributed by atoms with van der Waals surface area (Å²) in [5, 5.41) is 8.57. The van der Waals surface area contributed by atoms with Gasteiger partial charge in [0.15, 0.2) is 0 Å². The molecule has 0 aromatic heterocycles. The van der Waals surface area contributed by atoms with Crippen LogP contribution in [-0.2, 0) is 9.47 Å². The van der Waals surface area contributed by atoms with Gasteiger partial charge in [0.05, 0.1) is 33.0 Å². The van der Waals surface area contributed by atoms with Crippen LogP contribution >= 0.6 is 0 Å². The Hall–Kier alpha value is -0.240. The third-order valence-electron chi connectivity index (χ3n) is 4.09. The summed E-state index contributed by atoms with van der Waals surface area (Å²) >= 11 is 0. The van der Waals surface area contributed by atoms with Gasteiger partial charge in [-0.25, -0.2) is 0 Å². The highest BCUT2D eigenvalue weighted by Crippen LogP contribution is 2.06. The third-order valence-corrected chi connectivity index (χ3v) is 4.09. The van der Waals surface area contributed by atoms with Crippen molar-refractivity contribution in [3.8, 4) is 0 Å². The molecular weight excluding hydrogens is 282 g/mol. The average Bonchev–Trinajstić information content (AvgIpc) is 3.03. The first-order chi connectivity index (χ1) is 10.7. The van der Waals surface area contributed by atoms with Gasteiger partial charge in [0.25, 0.3) is 0 Å². The van der Waals surface area contributed by atoms with Gasteiger partial charge in [-0.2, -0.15) is 0 Å². The third kappa shape index (κ3) is 10.5. The molecule has 1 rings (SSSR count). The highest BCUT2D eigenvalue weighted by atomic mass is 16.5. The lowest BCUT2D eigenvalue weighted by Crippen LogP contribution is -2.36. The van der Waals surface area contributed by atoms with Crippen LogP contribution in [0.15, 0.2) is 0 Å². The van der Waals surface area contributed by atoms with E-state index in [2.05, 4.69) is 28.8 Å². The summed E-state index contributed by atoms with van der Waals surface area (Å²) in [5.41, 5.74) is 0. The van der Waals surface area contributed by atoms with Gasteiger partial charge in [-0.1, -0.05) is 0 Å². The fraction of sp³-hybridized carbons (Fsp3) is 1.00.